The minimum atomic E-state index is -1.31. The van der Waals surface area contributed by atoms with Gasteiger partial charge in [0.15, 0.2) is 11.4 Å². The Morgan fingerprint density at radius 3 is 2.80 bits per heavy atom. The predicted octanol–water partition coefficient (Wildman–Crippen LogP) is 1.58. The Morgan fingerprint density at radius 1 is 1.30 bits per heavy atom. The number of hydrogen-bond donors (Lipinski definition) is 3. The first-order chi connectivity index (χ1) is 14.2. The summed E-state index contributed by atoms with van der Waals surface area (Å²) in [6.07, 6.45) is 4.32. The van der Waals surface area contributed by atoms with Crippen molar-refractivity contribution in [1.29, 1.82) is 0 Å². The number of pyridine rings is 1. The van der Waals surface area contributed by atoms with Gasteiger partial charge in [-0.25, -0.2) is 9.97 Å². The van der Waals surface area contributed by atoms with Crippen molar-refractivity contribution in [3.63, 3.8) is 0 Å². The molecule has 0 fully saturated rings. The molecule has 154 valence electrons. The highest BCUT2D eigenvalue weighted by molar-refractivity contribution is 6.04. The van der Waals surface area contributed by atoms with Gasteiger partial charge in [-0.2, -0.15) is 5.10 Å². The summed E-state index contributed by atoms with van der Waals surface area (Å²) in [5, 5.41) is 24.7. The van der Waals surface area contributed by atoms with Gasteiger partial charge in [-0.3, -0.25) is 9.48 Å². The lowest BCUT2D eigenvalue weighted by Gasteiger charge is -2.09. The average Bonchev–Trinajstić information content (AvgIpc) is 3.40. The summed E-state index contributed by atoms with van der Waals surface area (Å²) in [5.74, 6) is 0.0897. The van der Waals surface area contributed by atoms with Crippen LogP contribution in [0.5, 0.6) is 0 Å². The normalized spacial score (nSPS) is 11.6. The zero-order chi connectivity index (χ0) is 21.5. The molecule has 12 nitrogen and oxygen atoms in total. The smallest absolute Gasteiger partial charge is 0.277 e. The van der Waals surface area contributed by atoms with Crippen molar-refractivity contribution in [1.82, 2.24) is 29.9 Å². The third kappa shape index (κ3) is 3.75. The van der Waals surface area contributed by atoms with Gasteiger partial charge in [0.25, 0.3) is 11.8 Å². The maximum absolute atomic E-state index is 12.7. The van der Waals surface area contributed by atoms with Crippen LogP contribution in [0.2, 0.25) is 0 Å². The van der Waals surface area contributed by atoms with Crippen molar-refractivity contribution in [2.75, 3.05) is 11.1 Å². The van der Waals surface area contributed by atoms with E-state index in [2.05, 4.69) is 30.6 Å². The lowest BCUT2D eigenvalue weighted by molar-refractivity contribution is 0.0487. The summed E-state index contributed by atoms with van der Waals surface area (Å²) < 4.78 is 12.4. The summed E-state index contributed by atoms with van der Waals surface area (Å²) in [7, 11) is 1.68. The van der Waals surface area contributed by atoms with E-state index in [1.165, 1.54) is 31.0 Å². The van der Waals surface area contributed by atoms with Crippen molar-refractivity contribution < 1.29 is 18.7 Å². The first-order valence-corrected chi connectivity index (χ1v) is 8.80. The lowest BCUT2D eigenvalue weighted by Crippen LogP contribution is -2.15. The third-order valence-electron chi connectivity index (χ3n) is 3.99. The van der Waals surface area contributed by atoms with Crippen LogP contribution in [-0.4, -0.2) is 41.0 Å². The average molecular weight is 410 g/mol. The Labute approximate surface area is 169 Å². The van der Waals surface area contributed by atoms with E-state index in [4.69, 9.17) is 14.6 Å². The van der Waals surface area contributed by atoms with Crippen LogP contribution in [-0.2, 0) is 12.6 Å². The number of nitrogen functional groups attached to an aromatic ring is 1. The maximum atomic E-state index is 12.7. The highest BCUT2D eigenvalue weighted by Crippen LogP contribution is 2.28. The molecule has 0 aliphatic rings. The Kier molecular flexibility index (Phi) is 4.54. The van der Waals surface area contributed by atoms with Gasteiger partial charge in [-0.05, 0) is 26.0 Å². The second-order valence-corrected chi connectivity index (χ2v) is 7.00. The summed E-state index contributed by atoms with van der Waals surface area (Å²) in [5.41, 5.74) is 5.57. The first kappa shape index (κ1) is 19.3. The minimum Gasteiger partial charge on any atom is -0.444 e. The first-order valence-electron chi connectivity index (χ1n) is 8.80. The standard InChI is InChI=1S/C18H18N8O4/c1-18(2,28)17-24-23-16(30-17)13-10(7-26(3)25-13)21-14(27)11-8-29-15(22-11)9-4-5-20-12(19)6-9/h4-8,28H,1-3H3,(H2,19,20)(H,21,27). The summed E-state index contributed by atoms with van der Waals surface area (Å²) >= 11 is 0. The van der Waals surface area contributed by atoms with E-state index in [1.54, 1.807) is 25.4 Å². The monoisotopic (exact) mass is 410 g/mol. The van der Waals surface area contributed by atoms with Crippen LogP contribution in [0, 0.1) is 0 Å². The van der Waals surface area contributed by atoms with Gasteiger partial charge in [0.05, 0.1) is 5.69 Å². The number of rotatable bonds is 5. The highest BCUT2D eigenvalue weighted by Gasteiger charge is 2.26. The summed E-state index contributed by atoms with van der Waals surface area (Å²) in [4.78, 5) is 20.8. The van der Waals surface area contributed by atoms with E-state index in [1.807, 2.05) is 0 Å². The molecule has 0 spiro atoms. The molecular weight excluding hydrogens is 392 g/mol. The van der Waals surface area contributed by atoms with E-state index < -0.39 is 11.5 Å². The molecule has 0 aliphatic carbocycles. The fourth-order valence-corrected chi connectivity index (χ4v) is 2.58. The van der Waals surface area contributed by atoms with Crippen molar-refractivity contribution in [3.8, 4) is 23.0 Å². The number of hydrogen-bond acceptors (Lipinski definition) is 10. The number of nitrogens with one attached hydrogen (secondary N) is 1. The van der Waals surface area contributed by atoms with Gasteiger partial charge < -0.3 is 25.0 Å². The predicted molar refractivity (Wildman–Crippen MR) is 104 cm³/mol. The van der Waals surface area contributed by atoms with Crippen molar-refractivity contribution >= 4 is 17.4 Å². The number of amides is 1. The molecule has 0 bridgehead atoms. The number of nitrogens with zero attached hydrogens (tertiary/aromatic N) is 6. The van der Waals surface area contributed by atoms with Crippen LogP contribution in [0.1, 0.15) is 30.2 Å². The van der Waals surface area contributed by atoms with Crippen LogP contribution in [0.15, 0.2) is 39.6 Å². The summed E-state index contributed by atoms with van der Waals surface area (Å²) in [6.45, 7) is 3.04. The van der Waals surface area contributed by atoms with Crippen LogP contribution >= 0.6 is 0 Å². The number of oxazole rings is 1. The van der Waals surface area contributed by atoms with Crippen molar-refractivity contribution in [3.05, 3.63) is 42.4 Å². The molecular formula is C18H18N8O4. The molecule has 0 aliphatic heterocycles. The molecule has 4 N–H and O–H groups in total. The number of aryl methyl sites for hydroxylation is 1. The van der Waals surface area contributed by atoms with Gasteiger partial charge in [0.2, 0.25) is 11.8 Å². The quantitative estimate of drug-likeness (QED) is 0.438. The molecule has 30 heavy (non-hydrogen) atoms. The van der Waals surface area contributed by atoms with E-state index in [0.29, 0.717) is 17.1 Å². The third-order valence-corrected chi connectivity index (χ3v) is 3.99. The molecule has 0 radical (unpaired) electrons. The topological polar surface area (TPSA) is 171 Å². The van der Waals surface area contributed by atoms with Gasteiger partial charge in [0, 0.05) is 25.0 Å². The molecule has 0 saturated heterocycles. The SMILES string of the molecule is Cn1cc(NC(=O)c2coc(-c3ccnc(N)c3)n2)c(-c2nnc(C(C)(C)O)o2)n1. The second-order valence-electron chi connectivity index (χ2n) is 7.00. The van der Waals surface area contributed by atoms with Crippen LogP contribution in [0.25, 0.3) is 23.0 Å². The molecule has 0 aromatic carbocycles. The fourth-order valence-electron chi connectivity index (χ4n) is 2.58. The van der Waals surface area contributed by atoms with Gasteiger partial charge >= 0.3 is 0 Å². The Balaban J connectivity index is 1.58. The molecule has 1 amide bonds. The zero-order valence-electron chi connectivity index (χ0n) is 16.3. The number of carbonyl (C=O) groups is 1. The van der Waals surface area contributed by atoms with Gasteiger partial charge in [-0.1, -0.05) is 0 Å². The molecule has 12 heteroatoms. The highest BCUT2D eigenvalue weighted by atomic mass is 16.4. The second kappa shape index (κ2) is 7.08. The Hall–Kier alpha value is -4.06. The molecule has 4 rings (SSSR count). The number of nitrogens with two attached hydrogens (primary N) is 1. The molecule has 4 heterocycles. The molecule has 0 saturated carbocycles. The van der Waals surface area contributed by atoms with Crippen LogP contribution in [0.4, 0.5) is 11.5 Å². The van der Waals surface area contributed by atoms with E-state index >= 15 is 0 Å². The lowest BCUT2D eigenvalue weighted by atomic mass is 10.1. The molecule has 0 atom stereocenters. The Morgan fingerprint density at radius 2 is 2.10 bits per heavy atom. The number of aliphatic hydroxyl groups is 1. The fraction of sp³-hybridized carbons (Fsp3) is 0.222. The van der Waals surface area contributed by atoms with Crippen molar-refractivity contribution in [2.45, 2.75) is 19.4 Å². The van der Waals surface area contributed by atoms with Crippen molar-refractivity contribution in [2.24, 2.45) is 7.05 Å². The minimum absolute atomic E-state index is 0.0261. The van der Waals surface area contributed by atoms with E-state index in [0.717, 1.165) is 0 Å². The van der Waals surface area contributed by atoms with E-state index in [-0.39, 0.29) is 29.1 Å². The van der Waals surface area contributed by atoms with E-state index in [9.17, 15) is 9.90 Å². The molecule has 4 aromatic rings. The largest absolute Gasteiger partial charge is 0.444 e. The molecule has 4 aromatic heterocycles. The van der Waals surface area contributed by atoms with Gasteiger partial charge in [-0.15, -0.1) is 10.2 Å². The van der Waals surface area contributed by atoms with Gasteiger partial charge in [0.1, 0.15) is 17.7 Å². The summed E-state index contributed by atoms with van der Waals surface area (Å²) in [6, 6.07) is 3.25. The van der Waals surface area contributed by atoms with Crippen LogP contribution in [0.3, 0.4) is 0 Å². The Bertz CT molecular complexity index is 1220. The number of anilines is 2. The van der Waals surface area contributed by atoms with Crippen LogP contribution < -0.4 is 11.1 Å². The maximum Gasteiger partial charge on any atom is 0.277 e. The zero-order valence-corrected chi connectivity index (χ0v) is 16.3. The molecule has 0 unspecified atom stereocenters. The number of aromatic nitrogens is 6. The number of carbonyl (C=O) groups excluding carboxylic acids is 1.